The Morgan fingerprint density at radius 3 is 2.40 bits per heavy atom. The van der Waals surface area contributed by atoms with Crippen molar-refractivity contribution in [1.82, 2.24) is 4.90 Å². The summed E-state index contributed by atoms with van der Waals surface area (Å²) < 4.78 is 22.1. The molecule has 0 aromatic rings. The van der Waals surface area contributed by atoms with Crippen LogP contribution in [0.25, 0.3) is 0 Å². The van der Waals surface area contributed by atoms with Gasteiger partial charge in [-0.1, -0.05) is 39.0 Å². The van der Waals surface area contributed by atoms with Crippen LogP contribution in [0, 0.1) is 0 Å². The van der Waals surface area contributed by atoms with Gasteiger partial charge in [-0.05, 0) is 26.3 Å². The topological polar surface area (TPSA) is 59.0 Å². The Balaban J connectivity index is 2.07. The predicted octanol–water partition coefficient (Wildman–Crippen LogP) is 3.57. The Morgan fingerprint density at radius 2 is 1.75 bits per heavy atom. The van der Waals surface area contributed by atoms with E-state index in [2.05, 4.69) is 11.8 Å². The quantitative estimate of drug-likeness (QED) is 0.494. The molecule has 1 saturated heterocycles. The molecule has 120 valence electrons. The van der Waals surface area contributed by atoms with Crippen molar-refractivity contribution in [1.29, 1.82) is 0 Å². The standard InChI is InChI=1S/C14H30NO4P/c1-3-4-5-6-7-8-13-18-20(16,17)19-14-9-11-15(2)12-10-14/h14H,3-13H2,1-2H3,(H,16,17). The molecule has 0 amide bonds. The maximum atomic E-state index is 11.8. The van der Waals surface area contributed by atoms with Crippen LogP contribution in [0.1, 0.15) is 58.3 Å². The van der Waals surface area contributed by atoms with Gasteiger partial charge in [0.2, 0.25) is 0 Å². The molecule has 1 rings (SSSR count). The molecule has 1 unspecified atom stereocenters. The molecular weight excluding hydrogens is 277 g/mol. The van der Waals surface area contributed by atoms with Crippen molar-refractivity contribution >= 4 is 7.82 Å². The van der Waals surface area contributed by atoms with Crippen LogP contribution in [0.2, 0.25) is 0 Å². The molecular formula is C14H30NO4P. The Morgan fingerprint density at radius 1 is 1.15 bits per heavy atom. The predicted molar refractivity (Wildman–Crippen MR) is 80.8 cm³/mol. The van der Waals surface area contributed by atoms with E-state index in [1.807, 2.05) is 7.05 Å². The van der Waals surface area contributed by atoms with Gasteiger partial charge in [-0.2, -0.15) is 0 Å². The SMILES string of the molecule is CCCCCCCCOP(=O)(O)OC1CCN(C)CC1. The van der Waals surface area contributed by atoms with E-state index >= 15 is 0 Å². The zero-order valence-corrected chi connectivity index (χ0v) is 13.8. The summed E-state index contributed by atoms with van der Waals surface area (Å²) in [6.45, 7) is 4.31. The second-order valence-electron chi connectivity index (χ2n) is 5.68. The van der Waals surface area contributed by atoms with Gasteiger partial charge in [0.1, 0.15) is 0 Å². The fourth-order valence-corrected chi connectivity index (χ4v) is 3.38. The fraction of sp³-hybridized carbons (Fsp3) is 1.00. The van der Waals surface area contributed by atoms with Crippen LogP contribution in [0.4, 0.5) is 0 Å². The van der Waals surface area contributed by atoms with Crippen LogP contribution in [0.3, 0.4) is 0 Å². The summed E-state index contributed by atoms with van der Waals surface area (Å²) in [7, 11) is -1.82. The Kier molecular flexibility index (Phi) is 8.98. The lowest BCUT2D eigenvalue weighted by molar-refractivity contribution is 0.0638. The van der Waals surface area contributed by atoms with E-state index in [1.165, 1.54) is 25.7 Å². The van der Waals surface area contributed by atoms with Crippen molar-refractivity contribution in [2.24, 2.45) is 0 Å². The number of nitrogens with zero attached hydrogens (tertiary/aromatic N) is 1. The van der Waals surface area contributed by atoms with Gasteiger partial charge in [0, 0.05) is 13.1 Å². The number of piperidine rings is 1. The van der Waals surface area contributed by atoms with Crippen molar-refractivity contribution in [3.8, 4) is 0 Å². The van der Waals surface area contributed by atoms with Crippen LogP contribution in [0.15, 0.2) is 0 Å². The number of hydrogen-bond acceptors (Lipinski definition) is 4. The van der Waals surface area contributed by atoms with Crippen molar-refractivity contribution in [3.63, 3.8) is 0 Å². The van der Waals surface area contributed by atoms with Crippen molar-refractivity contribution in [2.75, 3.05) is 26.7 Å². The van der Waals surface area contributed by atoms with Crippen molar-refractivity contribution < 1.29 is 18.5 Å². The number of likely N-dealkylation sites (tertiary alicyclic amines) is 1. The minimum atomic E-state index is -3.86. The van der Waals surface area contributed by atoms with E-state index in [0.29, 0.717) is 6.61 Å². The van der Waals surface area contributed by atoms with Gasteiger partial charge in [-0.15, -0.1) is 0 Å². The highest BCUT2D eigenvalue weighted by Gasteiger charge is 2.28. The molecule has 1 N–H and O–H groups in total. The van der Waals surface area contributed by atoms with E-state index in [1.54, 1.807) is 0 Å². The van der Waals surface area contributed by atoms with Gasteiger partial charge >= 0.3 is 7.82 Å². The molecule has 20 heavy (non-hydrogen) atoms. The van der Waals surface area contributed by atoms with Crippen LogP contribution in [-0.2, 0) is 13.6 Å². The van der Waals surface area contributed by atoms with Crippen LogP contribution in [0.5, 0.6) is 0 Å². The molecule has 5 nitrogen and oxygen atoms in total. The van der Waals surface area contributed by atoms with Gasteiger partial charge < -0.3 is 9.79 Å². The second kappa shape index (κ2) is 9.91. The smallest absolute Gasteiger partial charge is 0.306 e. The monoisotopic (exact) mass is 307 g/mol. The average molecular weight is 307 g/mol. The van der Waals surface area contributed by atoms with Crippen LogP contribution >= 0.6 is 7.82 Å². The first-order valence-electron chi connectivity index (χ1n) is 7.88. The molecule has 1 aliphatic rings. The fourth-order valence-electron chi connectivity index (χ4n) is 2.37. The maximum absolute atomic E-state index is 11.8. The molecule has 0 bridgehead atoms. The molecule has 0 saturated carbocycles. The summed E-state index contributed by atoms with van der Waals surface area (Å²) in [6, 6.07) is 0. The first-order valence-corrected chi connectivity index (χ1v) is 9.37. The van der Waals surface area contributed by atoms with Crippen molar-refractivity contribution in [3.05, 3.63) is 0 Å². The zero-order valence-electron chi connectivity index (χ0n) is 12.9. The lowest BCUT2D eigenvalue weighted by Gasteiger charge is -2.29. The molecule has 1 aliphatic heterocycles. The van der Waals surface area contributed by atoms with Crippen molar-refractivity contribution in [2.45, 2.75) is 64.4 Å². The summed E-state index contributed by atoms with van der Waals surface area (Å²) in [5, 5.41) is 0. The molecule has 1 atom stereocenters. The molecule has 0 aromatic carbocycles. The minimum absolute atomic E-state index is 0.147. The first-order chi connectivity index (χ1) is 9.53. The molecule has 1 heterocycles. The number of unbranched alkanes of at least 4 members (excludes halogenated alkanes) is 5. The third kappa shape index (κ3) is 8.38. The highest BCUT2D eigenvalue weighted by Crippen LogP contribution is 2.46. The summed E-state index contributed by atoms with van der Waals surface area (Å²) in [5.41, 5.74) is 0. The number of phosphoric ester groups is 1. The molecule has 6 heteroatoms. The van der Waals surface area contributed by atoms with Gasteiger partial charge in [-0.3, -0.25) is 9.05 Å². The third-order valence-corrected chi connectivity index (χ3v) is 4.77. The maximum Gasteiger partial charge on any atom is 0.472 e. The molecule has 1 fully saturated rings. The van der Waals surface area contributed by atoms with Gasteiger partial charge in [0.05, 0.1) is 12.7 Å². The van der Waals surface area contributed by atoms with Gasteiger partial charge in [0.25, 0.3) is 0 Å². The normalized spacial score (nSPS) is 20.9. The zero-order chi connectivity index (χ0) is 14.8. The van der Waals surface area contributed by atoms with E-state index in [9.17, 15) is 9.46 Å². The average Bonchev–Trinajstić information content (AvgIpc) is 2.40. The summed E-state index contributed by atoms with van der Waals surface area (Å²) >= 11 is 0. The Bertz CT molecular complexity index is 293. The molecule has 0 spiro atoms. The number of phosphoric acid groups is 1. The lowest BCUT2D eigenvalue weighted by atomic mass is 10.1. The van der Waals surface area contributed by atoms with Crippen LogP contribution < -0.4 is 0 Å². The highest BCUT2D eigenvalue weighted by atomic mass is 31.2. The van der Waals surface area contributed by atoms with Gasteiger partial charge in [-0.25, -0.2) is 4.57 Å². The Labute approximate surface area is 123 Å². The van der Waals surface area contributed by atoms with E-state index < -0.39 is 7.82 Å². The van der Waals surface area contributed by atoms with E-state index in [0.717, 1.165) is 38.8 Å². The minimum Gasteiger partial charge on any atom is -0.306 e. The molecule has 0 radical (unpaired) electrons. The van der Waals surface area contributed by atoms with E-state index in [4.69, 9.17) is 9.05 Å². The number of hydrogen-bond donors (Lipinski definition) is 1. The number of rotatable bonds is 10. The second-order valence-corrected chi connectivity index (χ2v) is 7.08. The summed E-state index contributed by atoms with van der Waals surface area (Å²) in [4.78, 5) is 11.9. The highest BCUT2D eigenvalue weighted by molar-refractivity contribution is 7.47. The largest absolute Gasteiger partial charge is 0.472 e. The summed E-state index contributed by atoms with van der Waals surface area (Å²) in [5.74, 6) is 0. The van der Waals surface area contributed by atoms with Crippen LogP contribution in [-0.4, -0.2) is 42.6 Å². The molecule has 0 aromatic heterocycles. The van der Waals surface area contributed by atoms with E-state index in [-0.39, 0.29) is 6.10 Å². The Hall–Kier alpha value is 0.0700. The third-order valence-electron chi connectivity index (χ3n) is 3.70. The first kappa shape index (κ1) is 18.1. The van der Waals surface area contributed by atoms with Gasteiger partial charge in [0.15, 0.2) is 0 Å². The lowest BCUT2D eigenvalue weighted by Crippen LogP contribution is -2.33. The summed E-state index contributed by atoms with van der Waals surface area (Å²) in [6.07, 6.45) is 8.21. The molecule has 0 aliphatic carbocycles.